The summed E-state index contributed by atoms with van der Waals surface area (Å²) in [7, 11) is 0. The van der Waals surface area contributed by atoms with E-state index in [2.05, 4.69) is 26.3 Å². The molecule has 0 aliphatic carbocycles. The van der Waals surface area contributed by atoms with Crippen molar-refractivity contribution in [2.75, 3.05) is 0 Å². The van der Waals surface area contributed by atoms with Crippen molar-refractivity contribution in [3.8, 4) is 0 Å². The molecule has 1 heterocycles. The molecular weight excluding hydrogens is 544 g/mol. The molecule has 6 unspecified atom stereocenters. The monoisotopic (exact) mass is 588 g/mol. The van der Waals surface area contributed by atoms with Crippen LogP contribution < -0.4 is 27.0 Å². The summed E-state index contributed by atoms with van der Waals surface area (Å²) in [5.74, 6) is -4.31. The van der Waals surface area contributed by atoms with Crippen LogP contribution in [-0.2, 0) is 30.4 Å². The summed E-state index contributed by atoms with van der Waals surface area (Å²) in [6, 6.07) is 1.63. The number of H-pyrrole nitrogens is 1. The molecule has 0 radical (unpaired) electrons. The highest BCUT2D eigenvalue weighted by Gasteiger charge is 2.32. The second-order valence-corrected chi connectivity index (χ2v) is 11.4. The summed E-state index contributed by atoms with van der Waals surface area (Å²) in [5.41, 5.74) is 7.38. The van der Waals surface area contributed by atoms with Gasteiger partial charge >= 0.3 is 5.97 Å². The zero-order chi connectivity index (χ0) is 31.7. The van der Waals surface area contributed by atoms with Crippen molar-refractivity contribution in [1.82, 2.24) is 26.3 Å². The Morgan fingerprint density at radius 3 is 2.02 bits per heavy atom. The summed E-state index contributed by atoms with van der Waals surface area (Å²) in [4.78, 5) is 66.6. The maximum Gasteiger partial charge on any atom is 0.326 e. The number of aliphatic carboxylic acids is 1. The maximum atomic E-state index is 13.2. The lowest BCUT2D eigenvalue weighted by Gasteiger charge is -2.27. The van der Waals surface area contributed by atoms with Gasteiger partial charge in [-0.15, -0.1) is 0 Å². The predicted molar refractivity (Wildman–Crippen MR) is 157 cm³/mol. The van der Waals surface area contributed by atoms with E-state index in [1.54, 1.807) is 20.0 Å². The number of carbonyl (C=O) groups is 5. The Labute approximate surface area is 245 Å². The zero-order valence-electron chi connectivity index (χ0n) is 24.9. The lowest BCUT2D eigenvalue weighted by molar-refractivity contribution is -0.142. The van der Waals surface area contributed by atoms with Crippen LogP contribution in [0.1, 0.15) is 53.5 Å². The van der Waals surface area contributed by atoms with Crippen molar-refractivity contribution < 1.29 is 34.2 Å². The Kier molecular flexibility index (Phi) is 12.5. The van der Waals surface area contributed by atoms with Gasteiger partial charge in [-0.2, -0.15) is 0 Å². The number of aromatic nitrogens is 1. The molecule has 13 heteroatoms. The topological polar surface area (TPSA) is 216 Å². The number of para-hydroxylation sites is 1. The smallest absolute Gasteiger partial charge is 0.326 e. The number of hydrogen-bond acceptors (Lipinski definition) is 7. The van der Waals surface area contributed by atoms with Crippen LogP contribution >= 0.6 is 0 Å². The van der Waals surface area contributed by atoms with E-state index in [1.165, 1.54) is 13.8 Å². The molecule has 1 aromatic carbocycles. The van der Waals surface area contributed by atoms with Gasteiger partial charge in [0.25, 0.3) is 0 Å². The molecule has 0 fully saturated rings. The number of nitrogens with two attached hydrogens (primary N) is 1. The van der Waals surface area contributed by atoms with E-state index < -0.39 is 65.9 Å². The SMILES string of the molecule is CC(C)CC(NC(=O)C(C)NC(=O)C(NC(=O)C(N)C(C)C)C(C)O)C(=O)NC(Cc1c[nH]c2ccccc12)C(=O)O. The zero-order valence-corrected chi connectivity index (χ0v) is 24.9. The van der Waals surface area contributed by atoms with Crippen LogP contribution in [0, 0.1) is 11.8 Å². The molecule has 2 rings (SSSR count). The Morgan fingerprint density at radius 2 is 1.45 bits per heavy atom. The quantitative estimate of drug-likeness (QED) is 0.143. The van der Waals surface area contributed by atoms with Gasteiger partial charge in [0.2, 0.25) is 23.6 Å². The van der Waals surface area contributed by atoms with E-state index in [4.69, 9.17) is 5.73 Å². The molecule has 42 heavy (non-hydrogen) atoms. The highest BCUT2D eigenvalue weighted by molar-refractivity contribution is 5.95. The second kappa shape index (κ2) is 15.3. The third kappa shape index (κ3) is 9.55. The molecule has 0 spiro atoms. The van der Waals surface area contributed by atoms with E-state index in [-0.39, 0.29) is 24.7 Å². The first-order valence-electron chi connectivity index (χ1n) is 14.0. The summed E-state index contributed by atoms with van der Waals surface area (Å²) in [5, 5.41) is 30.7. The molecule has 0 saturated carbocycles. The van der Waals surface area contributed by atoms with E-state index in [0.29, 0.717) is 5.56 Å². The van der Waals surface area contributed by atoms with Crippen LogP contribution in [0.5, 0.6) is 0 Å². The van der Waals surface area contributed by atoms with E-state index in [0.717, 1.165) is 10.9 Å². The van der Waals surface area contributed by atoms with Gasteiger partial charge in [-0.3, -0.25) is 19.2 Å². The third-order valence-corrected chi connectivity index (χ3v) is 6.89. The minimum Gasteiger partial charge on any atom is -0.480 e. The molecule has 6 atom stereocenters. The number of hydrogen-bond donors (Lipinski definition) is 8. The van der Waals surface area contributed by atoms with Crippen LogP contribution in [-0.4, -0.2) is 81.1 Å². The molecule has 13 nitrogen and oxygen atoms in total. The van der Waals surface area contributed by atoms with Crippen molar-refractivity contribution in [3.05, 3.63) is 36.0 Å². The number of benzene rings is 1. The number of carbonyl (C=O) groups excluding carboxylic acids is 4. The number of carboxylic acids is 1. The number of amides is 4. The highest BCUT2D eigenvalue weighted by atomic mass is 16.4. The number of aliphatic hydroxyl groups is 1. The first-order valence-corrected chi connectivity index (χ1v) is 14.0. The summed E-state index contributed by atoms with van der Waals surface area (Å²) >= 11 is 0. The van der Waals surface area contributed by atoms with Crippen LogP contribution in [0.2, 0.25) is 0 Å². The Hall–Kier alpha value is -3.97. The van der Waals surface area contributed by atoms with E-state index in [1.807, 2.05) is 38.1 Å². The van der Waals surface area contributed by atoms with Crippen molar-refractivity contribution in [3.63, 3.8) is 0 Å². The lowest BCUT2D eigenvalue weighted by Crippen LogP contribution is -2.60. The second-order valence-electron chi connectivity index (χ2n) is 11.4. The minimum atomic E-state index is -1.37. The van der Waals surface area contributed by atoms with Crippen LogP contribution in [0.25, 0.3) is 10.9 Å². The average Bonchev–Trinajstić information content (AvgIpc) is 3.32. The van der Waals surface area contributed by atoms with E-state index in [9.17, 15) is 34.2 Å². The fraction of sp³-hybridized carbons (Fsp3) is 0.552. The van der Waals surface area contributed by atoms with Crippen molar-refractivity contribution in [2.24, 2.45) is 17.6 Å². The lowest BCUT2D eigenvalue weighted by atomic mass is 10.0. The van der Waals surface area contributed by atoms with Gasteiger partial charge in [0, 0.05) is 23.5 Å². The highest BCUT2D eigenvalue weighted by Crippen LogP contribution is 2.19. The average molecular weight is 589 g/mol. The fourth-order valence-corrected chi connectivity index (χ4v) is 4.32. The Morgan fingerprint density at radius 1 is 0.833 bits per heavy atom. The predicted octanol–water partition coefficient (Wildman–Crippen LogP) is 0.164. The standard InChI is InChI=1S/C29H44N6O7/c1-14(2)11-21(26(38)34-22(29(41)42)12-18-13-31-20-10-8-7-9-19(18)20)33-25(37)16(5)32-28(40)24(17(6)36)35-27(39)23(30)15(3)4/h7-10,13-17,21-24,31,36H,11-12,30H2,1-6H3,(H,32,40)(H,33,37)(H,34,38)(H,35,39)(H,41,42). The van der Waals surface area contributed by atoms with Crippen LogP contribution in [0.4, 0.5) is 0 Å². The summed E-state index contributed by atoms with van der Waals surface area (Å²) in [6.45, 7) is 9.85. The van der Waals surface area contributed by atoms with Gasteiger partial charge in [-0.25, -0.2) is 4.79 Å². The molecule has 9 N–H and O–H groups in total. The van der Waals surface area contributed by atoms with Crippen molar-refractivity contribution >= 4 is 40.5 Å². The molecule has 1 aromatic heterocycles. The maximum absolute atomic E-state index is 13.2. The van der Waals surface area contributed by atoms with Crippen molar-refractivity contribution in [2.45, 2.75) is 90.7 Å². The van der Waals surface area contributed by atoms with Gasteiger partial charge in [0.05, 0.1) is 12.1 Å². The molecule has 4 amide bonds. The van der Waals surface area contributed by atoms with Crippen LogP contribution in [0.3, 0.4) is 0 Å². The molecule has 0 aliphatic rings. The van der Waals surface area contributed by atoms with Crippen molar-refractivity contribution in [1.29, 1.82) is 0 Å². The van der Waals surface area contributed by atoms with Gasteiger partial charge in [0.15, 0.2) is 0 Å². The van der Waals surface area contributed by atoms with Crippen LogP contribution in [0.15, 0.2) is 30.5 Å². The summed E-state index contributed by atoms with van der Waals surface area (Å²) in [6.07, 6.45) is 0.640. The third-order valence-electron chi connectivity index (χ3n) is 6.89. The van der Waals surface area contributed by atoms with Gasteiger partial charge in [-0.1, -0.05) is 45.9 Å². The Balaban J connectivity index is 2.10. The summed E-state index contributed by atoms with van der Waals surface area (Å²) < 4.78 is 0. The normalized spacial score (nSPS) is 15.8. The van der Waals surface area contributed by atoms with Gasteiger partial charge < -0.3 is 42.2 Å². The van der Waals surface area contributed by atoms with Gasteiger partial charge in [0.1, 0.15) is 24.2 Å². The van der Waals surface area contributed by atoms with Gasteiger partial charge in [-0.05, 0) is 43.7 Å². The number of fused-ring (bicyclic) bond motifs is 1. The molecule has 0 bridgehead atoms. The molecular formula is C29H44N6O7. The number of aromatic amines is 1. The fourth-order valence-electron chi connectivity index (χ4n) is 4.32. The Bertz CT molecular complexity index is 1260. The minimum absolute atomic E-state index is 0.0206. The number of carboxylic acid groups (broad SMARTS) is 1. The largest absolute Gasteiger partial charge is 0.480 e. The molecule has 232 valence electrons. The molecule has 0 aliphatic heterocycles. The molecule has 0 saturated heterocycles. The number of aliphatic hydroxyl groups excluding tert-OH is 1. The molecule has 2 aromatic rings. The first kappa shape index (κ1) is 34.2. The van der Waals surface area contributed by atoms with E-state index >= 15 is 0 Å². The first-order chi connectivity index (χ1) is 19.6. The number of rotatable bonds is 15. The number of nitrogens with one attached hydrogen (secondary N) is 5.